The van der Waals surface area contributed by atoms with Gasteiger partial charge in [-0.15, -0.1) is 6.58 Å². The number of pyridine rings is 1. The van der Waals surface area contributed by atoms with E-state index < -0.39 is 62.1 Å². The van der Waals surface area contributed by atoms with Gasteiger partial charge in [0, 0.05) is 37.5 Å². The van der Waals surface area contributed by atoms with Crippen LogP contribution in [-0.2, 0) is 24.4 Å². The lowest BCUT2D eigenvalue weighted by Gasteiger charge is -2.36. The SMILES string of the molecule is C=C[C@@H]1C[C@]1(NC(=O)[C@@H]1C[C@@H](Oc2nc(N(C)C)cc3cc(OC)ccc23)CN1C(=O)[C@H](Nc1ccccc1)C(C)(C)C)C(=O)NS(=O)(=O)C1CC1. The molecule has 0 spiro atoms. The van der Waals surface area contributed by atoms with Gasteiger partial charge in [-0.1, -0.05) is 45.0 Å². The number of amides is 3. The highest BCUT2D eigenvalue weighted by Crippen LogP contribution is 2.46. The quantitative estimate of drug-likeness (QED) is 0.221. The summed E-state index contributed by atoms with van der Waals surface area (Å²) in [5.41, 5.74) is -1.33. The molecule has 0 radical (unpaired) electrons. The van der Waals surface area contributed by atoms with Gasteiger partial charge in [0.05, 0.1) is 18.9 Å². The number of nitrogens with one attached hydrogen (secondary N) is 3. The second kappa shape index (κ2) is 13.9. The Bertz CT molecular complexity index is 1980. The summed E-state index contributed by atoms with van der Waals surface area (Å²) in [6.07, 6.45) is 2.13. The monoisotopic (exact) mass is 732 g/mol. The number of sulfonamides is 1. The third-order valence-corrected chi connectivity index (χ3v) is 11.8. The van der Waals surface area contributed by atoms with Gasteiger partial charge in [-0.25, -0.2) is 8.42 Å². The van der Waals surface area contributed by atoms with Gasteiger partial charge in [0.1, 0.15) is 35.3 Å². The third-order valence-electron chi connectivity index (χ3n) is 10.0. The number of carbonyl (C=O) groups is 3. The van der Waals surface area contributed by atoms with Crippen molar-refractivity contribution in [2.75, 3.05) is 38.0 Å². The van der Waals surface area contributed by atoms with E-state index in [9.17, 15) is 22.8 Å². The van der Waals surface area contributed by atoms with Crippen LogP contribution in [0.5, 0.6) is 11.6 Å². The molecule has 0 unspecified atom stereocenters. The summed E-state index contributed by atoms with van der Waals surface area (Å²) in [6, 6.07) is 15.1. The van der Waals surface area contributed by atoms with Crippen LogP contribution in [0.2, 0.25) is 0 Å². The van der Waals surface area contributed by atoms with Gasteiger partial charge in [-0.2, -0.15) is 4.98 Å². The molecule has 3 aliphatic rings. The van der Waals surface area contributed by atoms with Crippen molar-refractivity contribution in [3.63, 3.8) is 0 Å². The molecule has 2 aliphatic carbocycles. The lowest BCUT2D eigenvalue weighted by atomic mass is 9.85. The zero-order valence-electron chi connectivity index (χ0n) is 30.5. The largest absolute Gasteiger partial charge is 0.497 e. The molecule has 278 valence electrons. The summed E-state index contributed by atoms with van der Waals surface area (Å²) < 4.78 is 39.7. The van der Waals surface area contributed by atoms with E-state index in [1.807, 2.05) is 94.4 Å². The fourth-order valence-electron chi connectivity index (χ4n) is 6.70. The van der Waals surface area contributed by atoms with Crippen LogP contribution in [0.1, 0.15) is 46.5 Å². The van der Waals surface area contributed by atoms with Crippen LogP contribution in [0, 0.1) is 11.3 Å². The van der Waals surface area contributed by atoms with E-state index in [-0.39, 0.29) is 25.3 Å². The van der Waals surface area contributed by atoms with Gasteiger partial charge in [0.15, 0.2) is 0 Å². The van der Waals surface area contributed by atoms with Crippen LogP contribution in [0.3, 0.4) is 0 Å². The van der Waals surface area contributed by atoms with Gasteiger partial charge >= 0.3 is 0 Å². The first kappa shape index (κ1) is 36.9. The van der Waals surface area contributed by atoms with Crippen molar-refractivity contribution in [1.29, 1.82) is 0 Å². The molecule has 6 rings (SSSR count). The molecule has 3 N–H and O–H groups in total. The number of hydrogen-bond acceptors (Lipinski definition) is 10. The Hall–Kier alpha value is -4.85. The number of anilines is 2. The molecule has 3 fully saturated rings. The van der Waals surface area contributed by atoms with Crippen LogP contribution in [0.4, 0.5) is 11.5 Å². The molecular formula is C38H48N6O7S. The minimum atomic E-state index is -3.87. The van der Waals surface area contributed by atoms with E-state index in [2.05, 4.69) is 21.9 Å². The number of hydrogen-bond donors (Lipinski definition) is 3. The fourth-order valence-corrected chi connectivity index (χ4v) is 8.07. The molecular weight excluding hydrogens is 685 g/mol. The second-order valence-electron chi connectivity index (χ2n) is 15.2. The second-order valence-corrected chi connectivity index (χ2v) is 17.2. The van der Waals surface area contributed by atoms with Gasteiger partial charge < -0.3 is 29.9 Å². The normalized spacial score (nSPS) is 23.3. The summed E-state index contributed by atoms with van der Waals surface area (Å²) >= 11 is 0. The maximum atomic E-state index is 14.7. The number of rotatable bonds is 13. The Kier molecular flexibility index (Phi) is 9.90. The number of para-hydroxylation sites is 1. The highest BCUT2D eigenvalue weighted by atomic mass is 32.2. The molecule has 2 aromatic carbocycles. The smallest absolute Gasteiger partial charge is 0.259 e. The summed E-state index contributed by atoms with van der Waals surface area (Å²) in [5.74, 6) is -0.527. The number of nitrogens with zero attached hydrogens (tertiary/aromatic N) is 3. The third kappa shape index (κ3) is 7.52. The first-order valence-electron chi connectivity index (χ1n) is 17.5. The zero-order chi connectivity index (χ0) is 37.6. The van der Waals surface area contributed by atoms with E-state index in [1.54, 1.807) is 7.11 Å². The van der Waals surface area contributed by atoms with Crippen LogP contribution < -0.4 is 29.7 Å². The fraction of sp³-hybridized carbons (Fsp3) is 0.474. The standard InChI is InChI=1S/C38H48N6O7S/c1-8-24-21-38(24,36(47)42-52(48,49)28-15-16-28)41-33(45)30-20-27(22-44(30)35(46)32(37(2,3)4)39-25-12-10-9-11-13-25)51-34-29-17-14-26(50-7)18-23(29)19-31(40-34)43(5)6/h8-14,17-19,24,27-28,30,32,39H,1,15-16,20-22H2,2-7H3,(H,41,45)(H,42,47)/t24-,27-,30+,32+,38-/m1/s1. The van der Waals surface area contributed by atoms with Crippen molar-refractivity contribution >= 4 is 50.0 Å². The summed E-state index contributed by atoms with van der Waals surface area (Å²) in [4.78, 5) is 50.7. The minimum absolute atomic E-state index is 0.0611. The van der Waals surface area contributed by atoms with Gasteiger partial charge in [0.2, 0.25) is 27.7 Å². The number of likely N-dealkylation sites (tertiary alicyclic amines) is 1. The predicted molar refractivity (Wildman–Crippen MR) is 200 cm³/mol. The van der Waals surface area contributed by atoms with Crippen LogP contribution >= 0.6 is 0 Å². The number of methoxy groups -OCH3 is 1. The molecule has 1 aromatic heterocycles. The van der Waals surface area contributed by atoms with E-state index in [0.29, 0.717) is 30.3 Å². The van der Waals surface area contributed by atoms with Crippen molar-refractivity contribution in [1.82, 2.24) is 19.9 Å². The Morgan fingerprint density at radius 1 is 1.10 bits per heavy atom. The Labute approximate surface area is 305 Å². The average Bonchev–Trinajstić information content (AvgIpc) is 4.03. The summed E-state index contributed by atoms with van der Waals surface area (Å²) in [6.45, 7) is 9.70. The Balaban J connectivity index is 1.33. The molecule has 2 heterocycles. The molecule has 13 nitrogen and oxygen atoms in total. The minimum Gasteiger partial charge on any atom is -0.497 e. The lowest BCUT2D eigenvalue weighted by molar-refractivity contribution is -0.141. The number of benzene rings is 2. The maximum absolute atomic E-state index is 14.7. The molecule has 52 heavy (non-hydrogen) atoms. The highest BCUT2D eigenvalue weighted by molar-refractivity contribution is 7.91. The first-order valence-corrected chi connectivity index (χ1v) is 19.1. The van der Waals surface area contributed by atoms with Crippen LogP contribution in [0.25, 0.3) is 10.8 Å². The Morgan fingerprint density at radius 3 is 2.40 bits per heavy atom. The number of ether oxygens (including phenoxy) is 2. The summed E-state index contributed by atoms with van der Waals surface area (Å²) in [5, 5.41) is 7.19. The van der Waals surface area contributed by atoms with E-state index >= 15 is 0 Å². The molecule has 14 heteroatoms. The van der Waals surface area contributed by atoms with Crippen molar-refractivity contribution in [2.24, 2.45) is 11.3 Å². The lowest BCUT2D eigenvalue weighted by Crippen LogP contribution is -2.58. The molecule has 2 saturated carbocycles. The highest BCUT2D eigenvalue weighted by Gasteiger charge is 2.62. The van der Waals surface area contributed by atoms with Crippen LogP contribution in [-0.4, -0.2) is 92.7 Å². The van der Waals surface area contributed by atoms with E-state index in [4.69, 9.17) is 14.5 Å². The number of carbonyl (C=O) groups excluding carboxylic acids is 3. The van der Waals surface area contributed by atoms with E-state index in [1.165, 1.54) is 11.0 Å². The molecule has 0 bridgehead atoms. The van der Waals surface area contributed by atoms with Crippen molar-refractivity contribution < 1.29 is 32.3 Å². The summed E-state index contributed by atoms with van der Waals surface area (Å²) in [7, 11) is 1.47. The molecule has 1 aliphatic heterocycles. The van der Waals surface area contributed by atoms with Gasteiger partial charge in [-0.05, 0) is 66.5 Å². The molecule has 3 aromatic rings. The Morgan fingerprint density at radius 2 is 1.81 bits per heavy atom. The van der Waals surface area contributed by atoms with Crippen molar-refractivity contribution in [2.45, 2.75) is 75.4 Å². The molecule has 3 amide bonds. The van der Waals surface area contributed by atoms with Crippen molar-refractivity contribution in [3.8, 4) is 11.6 Å². The first-order chi connectivity index (χ1) is 24.6. The predicted octanol–water partition coefficient (Wildman–Crippen LogP) is 3.85. The number of fused-ring (bicyclic) bond motifs is 1. The van der Waals surface area contributed by atoms with Crippen LogP contribution in [0.15, 0.2) is 67.3 Å². The zero-order valence-corrected chi connectivity index (χ0v) is 31.3. The molecule has 1 saturated heterocycles. The number of aromatic nitrogens is 1. The molecule has 5 atom stereocenters. The van der Waals surface area contributed by atoms with Gasteiger partial charge in [-0.3, -0.25) is 19.1 Å². The topological polar surface area (TPSA) is 159 Å². The van der Waals surface area contributed by atoms with Crippen molar-refractivity contribution in [3.05, 3.63) is 67.3 Å². The average molecular weight is 733 g/mol. The maximum Gasteiger partial charge on any atom is 0.259 e. The van der Waals surface area contributed by atoms with E-state index in [0.717, 1.165) is 16.5 Å². The van der Waals surface area contributed by atoms with Gasteiger partial charge in [0.25, 0.3) is 5.91 Å².